The molecular weight excluding hydrogens is 385 g/mol. The molecule has 0 aliphatic carbocycles. The molecule has 2 atom stereocenters. The number of Topliss-reactive ketones (excluding diaryl/α,β-unsaturated/α-hetero) is 1. The summed E-state index contributed by atoms with van der Waals surface area (Å²) in [4.78, 5) is 24.4. The van der Waals surface area contributed by atoms with Crippen molar-refractivity contribution in [3.63, 3.8) is 0 Å². The van der Waals surface area contributed by atoms with Crippen molar-refractivity contribution >= 4 is 29.1 Å². The van der Waals surface area contributed by atoms with Crippen LogP contribution >= 0.6 is 11.8 Å². The van der Waals surface area contributed by atoms with Gasteiger partial charge in [-0.1, -0.05) is 37.4 Å². The molecule has 2 aliphatic heterocycles. The number of carbonyl (C=O) groups is 1. The summed E-state index contributed by atoms with van der Waals surface area (Å²) in [7, 11) is 1.75. The van der Waals surface area contributed by atoms with Crippen molar-refractivity contribution in [1.82, 2.24) is 4.90 Å². The van der Waals surface area contributed by atoms with Gasteiger partial charge in [0.25, 0.3) is 0 Å². The van der Waals surface area contributed by atoms with E-state index in [4.69, 9.17) is 4.99 Å². The smallest absolute Gasteiger partial charge is 0.141 e. The largest absolute Gasteiger partial charge is 0.329 e. The third-order valence-corrected chi connectivity index (χ3v) is 5.91. The van der Waals surface area contributed by atoms with Gasteiger partial charge >= 0.3 is 0 Å². The molecule has 0 aromatic heterocycles. The number of alkyl halides is 1. The highest BCUT2D eigenvalue weighted by Gasteiger charge is 2.36. The number of aliphatic imine (C=N–C) groups is 2. The summed E-state index contributed by atoms with van der Waals surface area (Å²) in [6.45, 7) is 10.9. The first kappa shape index (κ1) is 23.3. The summed E-state index contributed by atoms with van der Waals surface area (Å²) in [5.41, 5.74) is 3.07. The monoisotopic (exact) mass is 417 g/mol. The topological polar surface area (TPSA) is 45.0 Å². The molecule has 0 N–H and O–H groups in total. The minimum Gasteiger partial charge on any atom is -0.329 e. The number of ketones is 1. The van der Waals surface area contributed by atoms with Crippen molar-refractivity contribution in [2.24, 2.45) is 15.9 Å². The molecule has 29 heavy (non-hydrogen) atoms. The number of allylic oxidation sites excluding steroid dienone is 4. The first-order chi connectivity index (χ1) is 13.9. The third-order valence-electron chi connectivity index (χ3n) is 5.03. The van der Waals surface area contributed by atoms with Crippen molar-refractivity contribution in [3.05, 3.63) is 46.4 Å². The van der Waals surface area contributed by atoms with Crippen LogP contribution in [-0.2, 0) is 4.79 Å². The van der Waals surface area contributed by atoms with E-state index in [-0.39, 0.29) is 5.92 Å². The molecule has 0 bridgehead atoms. The van der Waals surface area contributed by atoms with Gasteiger partial charge in [-0.05, 0) is 44.1 Å². The number of hydrogen-bond donors (Lipinski definition) is 0. The van der Waals surface area contributed by atoms with Crippen LogP contribution in [0.15, 0.2) is 56.4 Å². The Balaban J connectivity index is 2.33. The number of thioether (sulfide) groups is 1. The molecular formula is C23H32FN3OS. The number of hydrogen-bond acceptors (Lipinski definition) is 5. The summed E-state index contributed by atoms with van der Waals surface area (Å²) in [6.07, 6.45) is 7.17. The van der Waals surface area contributed by atoms with Crippen LogP contribution in [-0.4, -0.2) is 48.5 Å². The lowest BCUT2D eigenvalue weighted by Gasteiger charge is -2.29. The van der Waals surface area contributed by atoms with E-state index >= 15 is 0 Å². The van der Waals surface area contributed by atoms with E-state index in [9.17, 15) is 9.18 Å². The molecule has 0 amide bonds. The maximum absolute atomic E-state index is 13.2. The Bertz CT molecular complexity index is 777. The average molecular weight is 418 g/mol. The predicted molar refractivity (Wildman–Crippen MR) is 123 cm³/mol. The number of rotatable bonds is 10. The van der Waals surface area contributed by atoms with E-state index in [0.29, 0.717) is 31.6 Å². The molecule has 6 heteroatoms. The van der Waals surface area contributed by atoms with Crippen molar-refractivity contribution in [3.8, 4) is 0 Å². The minimum absolute atomic E-state index is 0.267. The molecule has 2 aliphatic rings. The van der Waals surface area contributed by atoms with Crippen LogP contribution in [0.3, 0.4) is 0 Å². The van der Waals surface area contributed by atoms with E-state index in [1.807, 2.05) is 37.5 Å². The Labute approximate surface area is 178 Å². The fourth-order valence-electron chi connectivity index (χ4n) is 3.60. The lowest BCUT2D eigenvalue weighted by Crippen LogP contribution is -2.33. The van der Waals surface area contributed by atoms with E-state index in [1.165, 1.54) is 5.70 Å². The van der Waals surface area contributed by atoms with E-state index < -0.39 is 6.17 Å². The van der Waals surface area contributed by atoms with Crippen LogP contribution in [0.1, 0.15) is 46.5 Å². The van der Waals surface area contributed by atoms with Crippen LogP contribution in [0.5, 0.6) is 0 Å². The van der Waals surface area contributed by atoms with Crippen LogP contribution in [0, 0.1) is 5.92 Å². The van der Waals surface area contributed by atoms with E-state index in [2.05, 4.69) is 16.5 Å². The number of nitrogens with zero attached hydrogens (tertiary/aromatic N) is 3. The van der Waals surface area contributed by atoms with Crippen molar-refractivity contribution < 1.29 is 9.18 Å². The molecule has 2 rings (SSSR count). The zero-order chi connectivity index (χ0) is 21.4. The Morgan fingerprint density at radius 2 is 2.28 bits per heavy atom. The summed E-state index contributed by atoms with van der Waals surface area (Å²) >= 11 is 1.56. The van der Waals surface area contributed by atoms with Gasteiger partial charge in [-0.25, -0.2) is 4.39 Å². The molecule has 0 radical (unpaired) electrons. The second-order valence-electron chi connectivity index (χ2n) is 7.38. The maximum atomic E-state index is 13.2. The van der Waals surface area contributed by atoms with E-state index in [0.717, 1.165) is 35.0 Å². The first-order valence-electron chi connectivity index (χ1n) is 10.2. The molecule has 4 nitrogen and oxygen atoms in total. The molecule has 2 heterocycles. The number of fused-ring (bicyclic) bond motifs is 1. The van der Waals surface area contributed by atoms with E-state index in [1.54, 1.807) is 25.7 Å². The fourth-order valence-corrected chi connectivity index (χ4v) is 4.18. The highest BCUT2D eigenvalue weighted by molar-refractivity contribution is 8.06. The van der Waals surface area contributed by atoms with Crippen molar-refractivity contribution in [2.75, 3.05) is 20.1 Å². The molecule has 158 valence electrons. The average Bonchev–Trinajstić information content (AvgIpc) is 3.12. The summed E-state index contributed by atoms with van der Waals surface area (Å²) in [5.74, 6) is 1.44. The molecule has 0 spiro atoms. The third kappa shape index (κ3) is 6.26. The van der Waals surface area contributed by atoms with Crippen LogP contribution in [0.4, 0.5) is 4.39 Å². The summed E-state index contributed by atoms with van der Waals surface area (Å²) < 4.78 is 13.2. The number of amidine groups is 1. The highest BCUT2D eigenvalue weighted by atomic mass is 32.2. The number of halogens is 1. The molecule has 0 aromatic rings. The standard InChI is InChI=1S/C23H32FN3OS/c1-6-11-29-17(4)23-26-14-20(21(25-5)10-8-9-16(3)24)22-13-18(15-27(22)23)12-19(28)7-2/h6,8,10-11,16,18H,4,7,9,12-15H2,1-3,5H3/b10-8-,11-6-,25-21?. The van der Waals surface area contributed by atoms with Crippen molar-refractivity contribution in [1.29, 1.82) is 0 Å². The Kier molecular flexibility index (Phi) is 9.08. The zero-order valence-electron chi connectivity index (χ0n) is 17.9. The molecule has 1 saturated heterocycles. The van der Waals surface area contributed by atoms with Crippen LogP contribution < -0.4 is 0 Å². The van der Waals surface area contributed by atoms with Gasteiger partial charge in [0.2, 0.25) is 0 Å². The SMILES string of the molecule is C=C(S/C=C\C)C1=NCC(C(/C=C\CC(C)F)=NC)=C2CC(CC(=O)CC)CN12. The van der Waals surface area contributed by atoms with Gasteiger partial charge < -0.3 is 4.90 Å². The van der Waals surface area contributed by atoms with Gasteiger partial charge in [-0.3, -0.25) is 14.8 Å². The predicted octanol–water partition coefficient (Wildman–Crippen LogP) is 5.50. The normalized spacial score (nSPS) is 21.1. The lowest BCUT2D eigenvalue weighted by molar-refractivity contribution is -0.119. The van der Waals surface area contributed by atoms with Gasteiger partial charge in [-0.15, -0.1) is 0 Å². The fraction of sp³-hybridized carbons (Fsp3) is 0.522. The Morgan fingerprint density at radius 1 is 1.52 bits per heavy atom. The maximum Gasteiger partial charge on any atom is 0.141 e. The highest BCUT2D eigenvalue weighted by Crippen LogP contribution is 2.37. The van der Waals surface area contributed by atoms with Crippen LogP contribution in [0.25, 0.3) is 0 Å². The zero-order valence-corrected chi connectivity index (χ0v) is 18.8. The summed E-state index contributed by atoms with van der Waals surface area (Å²) in [5, 5.41) is 2.00. The second kappa shape index (κ2) is 11.3. The number of carbonyl (C=O) groups excluding carboxylic acids is 1. The van der Waals surface area contributed by atoms with Gasteiger partial charge in [-0.2, -0.15) is 0 Å². The summed E-state index contributed by atoms with van der Waals surface area (Å²) in [6, 6.07) is 0. The lowest BCUT2D eigenvalue weighted by atomic mass is 9.97. The van der Waals surface area contributed by atoms with Gasteiger partial charge in [0, 0.05) is 42.6 Å². The van der Waals surface area contributed by atoms with Gasteiger partial charge in [0.15, 0.2) is 0 Å². The van der Waals surface area contributed by atoms with Gasteiger partial charge in [0.1, 0.15) is 17.8 Å². The molecule has 0 aromatic carbocycles. The van der Waals surface area contributed by atoms with Crippen LogP contribution in [0.2, 0.25) is 0 Å². The quantitative estimate of drug-likeness (QED) is 0.441. The van der Waals surface area contributed by atoms with Crippen molar-refractivity contribution in [2.45, 2.75) is 52.6 Å². The molecule has 1 fully saturated rings. The minimum atomic E-state index is -0.877. The molecule has 2 unspecified atom stereocenters. The van der Waals surface area contributed by atoms with Gasteiger partial charge in [0.05, 0.1) is 12.3 Å². The first-order valence-corrected chi connectivity index (χ1v) is 11.1. The Morgan fingerprint density at radius 3 is 2.90 bits per heavy atom. The molecule has 0 saturated carbocycles. The Hall–Kier alpha value is -1.95. The second-order valence-corrected chi connectivity index (χ2v) is 8.38.